The van der Waals surface area contributed by atoms with Gasteiger partial charge in [-0.3, -0.25) is 4.79 Å². The summed E-state index contributed by atoms with van der Waals surface area (Å²) in [5, 5.41) is 1.24. The lowest BCUT2D eigenvalue weighted by molar-refractivity contribution is -0.0249. The molecule has 3 aromatic rings. The molecule has 1 aromatic heterocycles. The van der Waals surface area contributed by atoms with E-state index in [1.165, 1.54) is 10.4 Å². The van der Waals surface area contributed by atoms with E-state index in [1.54, 1.807) is 36.4 Å². The summed E-state index contributed by atoms with van der Waals surface area (Å²) in [5.41, 5.74) is 5.72. The molecule has 2 heterocycles. The van der Waals surface area contributed by atoms with Gasteiger partial charge < -0.3 is 20.2 Å². The molecule has 31 heavy (non-hydrogen) atoms. The summed E-state index contributed by atoms with van der Waals surface area (Å²) in [4.78, 5) is 14.6. The van der Waals surface area contributed by atoms with E-state index in [0.717, 1.165) is 0 Å². The van der Waals surface area contributed by atoms with Gasteiger partial charge in [-0.05, 0) is 42.5 Å². The molecular weight excluding hydrogens is 465 g/mol. The second-order valence-corrected chi connectivity index (χ2v) is 9.75. The molecule has 1 aliphatic heterocycles. The summed E-state index contributed by atoms with van der Waals surface area (Å²) >= 11 is 11.9. The summed E-state index contributed by atoms with van der Waals surface area (Å²) in [7, 11) is -4.07. The first kappa shape index (κ1) is 21.9. The number of sulfonamides is 1. The standard InChI is InChI=1S/C20H19Cl2N3O5S/c21-12-1-4-14(5-2-12)30-11-15-10-25(7-8-29-15)31(27,28)19-16-9-13(22)3-6-17(16)24-18(19)20(23)26/h1-6,9,15,24H,7-8,10-11H2,(H2,23,26). The molecule has 1 fully saturated rings. The second kappa shape index (κ2) is 8.68. The third-order valence-electron chi connectivity index (χ3n) is 4.91. The fraction of sp³-hybridized carbons (Fsp3) is 0.250. The maximum absolute atomic E-state index is 13.5. The first-order valence-electron chi connectivity index (χ1n) is 9.37. The largest absolute Gasteiger partial charge is 0.491 e. The van der Waals surface area contributed by atoms with Crippen LogP contribution in [-0.4, -0.2) is 56.0 Å². The maximum Gasteiger partial charge on any atom is 0.266 e. The van der Waals surface area contributed by atoms with E-state index in [0.29, 0.717) is 26.7 Å². The van der Waals surface area contributed by atoms with Crippen molar-refractivity contribution in [3.63, 3.8) is 0 Å². The van der Waals surface area contributed by atoms with Gasteiger partial charge in [0.15, 0.2) is 0 Å². The van der Waals surface area contributed by atoms with Gasteiger partial charge in [0.05, 0.1) is 6.61 Å². The van der Waals surface area contributed by atoms with Crippen molar-refractivity contribution in [1.29, 1.82) is 0 Å². The van der Waals surface area contributed by atoms with Crippen LogP contribution in [0.4, 0.5) is 0 Å². The minimum Gasteiger partial charge on any atom is -0.491 e. The highest BCUT2D eigenvalue weighted by atomic mass is 35.5. The number of halogens is 2. The first-order chi connectivity index (χ1) is 14.8. The number of H-pyrrole nitrogens is 1. The Morgan fingerprint density at radius 2 is 1.90 bits per heavy atom. The number of fused-ring (bicyclic) bond motifs is 1. The van der Waals surface area contributed by atoms with E-state index < -0.39 is 22.0 Å². The van der Waals surface area contributed by atoms with E-state index in [-0.39, 0.29) is 36.9 Å². The van der Waals surface area contributed by atoms with Crippen LogP contribution in [0.25, 0.3) is 10.9 Å². The van der Waals surface area contributed by atoms with Crippen molar-refractivity contribution >= 4 is 50.0 Å². The fourth-order valence-electron chi connectivity index (χ4n) is 3.44. The maximum atomic E-state index is 13.5. The number of ether oxygens (including phenoxy) is 2. The number of rotatable bonds is 6. The molecular formula is C20H19Cl2N3O5S. The number of hydrogen-bond donors (Lipinski definition) is 2. The summed E-state index contributed by atoms with van der Waals surface area (Å²) in [5.74, 6) is -0.281. The Morgan fingerprint density at radius 1 is 1.19 bits per heavy atom. The molecule has 1 aliphatic rings. The average molecular weight is 484 g/mol. The van der Waals surface area contributed by atoms with Crippen molar-refractivity contribution in [2.24, 2.45) is 5.73 Å². The minimum atomic E-state index is -4.07. The predicted molar refractivity (Wildman–Crippen MR) is 117 cm³/mol. The van der Waals surface area contributed by atoms with Crippen molar-refractivity contribution in [2.75, 3.05) is 26.3 Å². The summed E-state index contributed by atoms with van der Waals surface area (Å²) in [6.07, 6.45) is -0.495. The zero-order chi connectivity index (χ0) is 22.2. The third-order valence-corrected chi connectivity index (χ3v) is 7.35. The van der Waals surface area contributed by atoms with Crippen LogP contribution < -0.4 is 10.5 Å². The number of hydrogen-bond acceptors (Lipinski definition) is 5. The molecule has 0 radical (unpaired) electrons. The number of carbonyl (C=O) groups excluding carboxylic acids is 1. The lowest BCUT2D eigenvalue weighted by Gasteiger charge is -2.32. The van der Waals surface area contributed by atoms with E-state index in [2.05, 4.69) is 4.98 Å². The number of aromatic amines is 1. The van der Waals surface area contributed by atoms with Gasteiger partial charge in [-0.2, -0.15) is 4.31 Å². The van der Waals surface area contributed by atoms with Crippen LogP contribution in [0.15, 0.2) is 47.4 Å². The quantitative estimate of drug-likeness (QED) is 0.558. The zero-order valence-corrected chi connectivity index (χ0v) is 18.5. The number of nitrogens with one attached hydrogen (secondary N) is 1. The van der Waals surface area contributed by atoms with Gasteiger partial charge in [0.2, 0.25) is 10.0 Å². The van der Waals surface area contributed by atoms with Crippen molar-refractivity contribution in [2.45, 2.75) is 11.0 Å². The SMILES string of the molecule is NC(=O)c1[nH]c2ccc(Cl)cc2c1S(=O)(=O)N1CCOC(COc2ccc(Cl)cc2)C1. The summed E-state index contributed by atoms with van der Waals surface area (Å²) in [6.45, 7) is 0.519. The molecule has 3 N–H and O–H groups in total. The van der Waals surface area contributed by atoms with Gasteiger partial charge in [-0.15, -0.1) is 0 Å². The van der Waals surface area contributed by atoms with E-state index in [9.17, 15) is 13.2 Å². The molecule has 1 atom stereocenters. The van der Waals surface area contributed by atoms with Crippen LogP contribution in [0, 0.1) is 0 Å². The molecule has 0 saturated carbocycles. The number of nitrogens with zero attached hydrogens (tertiary/aromatic N) is 1. The molecule has 11 heteroatoms. The lowest BCUT2D eigenvalue weighted by Crippen LogP contribution is -2.47. The van der Waals surface area contributed by atoms with Crippen molar-refractivity contribution in [3.05, 3.63) is 58.2 Å². The number of benzene rings is 2. The van der Waals surface area contributed by atoms with Gasteiger partial charge >= 0.3 is 0 Å². The van der Waals surface area contributed by atoms with Crippen molar-refractivity contribution < 1.29 is 22.7 Å². The van der Waals surface area contributed by atoms with Crippen LogP contribution in [-0.2, 0) is 14.8 Å². The molecule has 0 aliphatic carbocycles. The smallest absolute Gasteiger partial charge is 0.266 e. The predicted octanol–water partition coefficient (Wildman–Crippen LogP) is 3.04. The Bertz CT molecular complexity index is 1230. The highest BCUT2D eigenvalue weighted by Crippen LogP contribution is 2.32. The van der Waals surface area contributed by atoms with Gasteiger partial charge in [0, 0.05) is 34.0 Å². The first-order valence-corrected chi connectivity index (χ1v) is 11.6. The number of morpholine rings is 1. The lowest BCUT2D eigenvalue weighted by atomic mass is 10.2. The van der Waals surface area contributed by atoms with Crippen LogP contribution in [0.3, 0.4) is 0 Å². The second-order valence-electron chi connectivity index (χ2n) is 7.00. The molecule has 4 rings (SSSR count). The Hall–Kier alpha value is -2.30. The van der Waals surface area contributed by atoms with Crippen molar-refractivity contribution in [1.82, 2.24) is 9.29 Å². The normalized spacial score (nSPS) is 17.7. The number of primary amides is 1. The number of amides is 1. The third kappa shape index (κ3) is 4.51. The van der Waals surface area contributed by atoms with E-state index in [4.69, 9.17) is 38.4 Å². The van der Waals surface area contributed by atoms with Gasteiger partial charge in [-0.1, -0.05) is 23.2 Å². The van der Waals surface area contributed by atoms with Gasteiger partial charge in [0.25, 0.3) is 5.91 Å². The van der Waals surface area contributed by atoms with Crippen LogP contribution in [0.5, 0.6) is 5.75 Å². The van der Waals surface area contributed by atoms with Crippen LogP contribution >= 0.6 is 23.2 Å². The van der Waals surface area contributed by atoms with Crippen LogP contribution in [0.1, 0.15) is 10.5 Å². The average Bonchev–Trinajstić information content (AvgIpc) is 3.13. The molecule has 0 spiro atoms. The highest BCUT2D eigenvalue weighted by Gasteiger charge is 2.36. The molecule has 0 bridgehead atoms. The van der Waals surface area contributed by atoms with Gasteiger partial charge in [-0.25, -0.2) is 8.42 Å². The molecule has 164 valence electrons. The summed E-state index contributed by atoms with van der Waals surface area (Å²) < 4.78 is 39.6. The molecule has 1 saturated heterocycles. The Morgan fingerprint density at radius 3 is 2.61 bits per heavy atom. The fourth-order valence-corrected chi connectivity index (χ4v) is 5.53. The monoisotopic (exact) mass is 483 g/mol. The summed E-state index contributed by atoms with van der Waals surface area (Å²) in [6, 6.07) is 11.5. The number of aromatic nitrogens is 1. The topological polar surface area (TPSA) is 115 Å². The Labute approximate surface area is 188 Å². The number of carbonyl (C=O) groups is 1. The highest BCUT2D eigenvalue weighted by molar-refractivity contribution is 7.89. The Kier molecular flexibility index (Phi) is 6.14. The molecule has 1 unspecified atom stereocenters. The van der Waals surface area contributed by atoms with Crippen molar-refractivity contribution in [3.8, 4) is 5.75 Å². The van der Waals surface area contributed by atoms with E-state index >= 15 is 0 Å². The number of nitrogens with two attached hydrogens (primary N) is 1. The van der Waals surface area contributed by atoms with Gasteiger partial charge in [0.1, 0.15) is 29.0 Å². The van der Waals surface area contributed by atoms with Crippen LogP contribution in [0.2, 0.25) is 10.0 Å². The molecule has 1 amide bonds. The molecule has 2 aromatic carbocycles. The minimum absolute atomic E-state index is 0.0569. The van der Waals surface area contributed by atoms with E-state index in [1.807, 2.05) is 0 Å². The Balaban J connectivity index is 1.60. The zero-order valence-electron chi connectivity index (χ0n) is 16.2. The molecule has 8 nitrogen and oxygen atoms in total.